The van der Waals surface area contributed by atoms with E-state index >= 15 is 0 Å². The third-order valence-electron chi connectivity index (χ3n) is 2.90. The summed E-state index contributed by atoms with van der Waals surface area (Å²) in [6, 6.07) is 0.692. The van der Waals surface area contributed by atoms with Gasteiger partial charge in [0.2, 0.25) is 0 Å². The fraction of sp³-hybridized carbons (Fsp3) is 1.00. The van der Waals surface area contributed by atoms with Crippen molar-refractivity contribution in [3.05, 3.63) is 0 Å². The van der Waals surface area contributed by atoms with E-state index in [0.717, 1.165) is 5.92 Å². The molecule has 1 fully saturated rings. The van der Waals surface area contributed by atoms with Crippen molar-refractivity contribution in [1.82, 2.24) is 5.32 Å². The summed E-state index contributed by atoms with van der Waals surface area (Å²) >= 11 is 1.93. The van der Waals surface area contributed by atoms with Crippen LogP contribution in [0.25, 0.3) is 0 Å². The topological polar surface area (TPSA) is 12.0 Å². The zero-order chi connectivity index (χ0) is 9.52. The summed E-state index contributed by atoms with van der Waals surface area (Å²) in [7, 11) is 0. The molecule has 1 unspecified atom stereocenters. The van der Waals surface area contributed by atoms with Crippen molar-refractivity contribution in [2.45, 2.75) is 45.1 Å². The summed E-state index contributed by atoms with van der Waals surface area (Å²) in [5.74, 6) is 2.21. The molecule has 0 spiro atoms. The van der Waals surface area contributed by atoms with Crippen molar-refractivity contribution in [3.8, 4) is 0 Å². The van der Waals surface area contributed by atoms with E-state index in [1.165, 1.54) is 44.4 Å². The summed E-state index contributed by atoms with van der Waals surface area (Å²) in [4.78, 5) is 0. The Labute approximate surface area is 87.1 Å². The van der Waals surface area contributed by atoms with Gasteiger partial charge in [0.25, 0.3) is 0 Å². The Morgan fingerprint density at radius 1 is 1.31 bits per heavy atom. The van der Waals surface area contributed by atoms with Crippen LogP contribution in [0.5, 0.6) is 0 Å². The van der Waals surface area contributed by atoms with E-state index in [2.05, 4.69) is 18.5 Å². The fourth-order valence-electron chi connectivity index (χ4n) is 2.07. The van der Waals surface area contributed by atoms with Crippen molar-refractivity contribution in [3.63, 3.8) is 0 Å². The van der Waals surface area contributed by atoms with Crippen LogP contribution in [-0.4, -0.2) is 24.6 Å². The molecule has 0 radical (unpaired) electrons. The van der Waals surface area contributed by atoms with Gasteiger partial charge in [-0.05, 0) is 38.5 Å². The first-order valence-electron chi connectivity index (χ1n) is 5.55. The van der Waals surface area contributed by atoms with Crippen LogP contribution in [0.1, 0.15) is 39.0 Å². The number of nitrogens with one attached hydrogen (secondary N) is 1. The molecule has 1 nitrogen and oxygen atoms in total. The average Bonchev–Trinajstić information content (AvgIpc) is 2.17. The third kappa shape index (κ3) is 4.92. The minimum Gasteiger partial charge on any atom is -0.313 e. The Balaban J connectivity index is 2.03. The van der Waals surface area contributed by atoms with E-state index in [1.54, 1.807) is 0 Å². The second kappa shape index (κ2) is 6.72. The van der Waals surface area contributed by atoms with E-state index in [0.29, 0.717) is 6.04 Å². The largest absolute Gasteiger partial charge is 0.313 e. The van der Waals surface area contributed by atoms with Gasteiger partial charge >= 0.3 is 0 Å². The highest BCUT2D eigenvalue weighted by molar-refractivity contribution is 7.98. The van der Waals surface area contributed by atoms with Crippen molar-refractivity contribution >= 4 is 11.8 Å². The standard InChI is InChI=1S/C11H23NS/c1-10(9-13-2)12-8-11-6-4-3-5-7-11/h10-12H,3-9H2,1-2H3. The molecule has 1 atom stereocenters. The van der Waals surface area contributed by atoms with Gasteiger partial charge in [-0.1, -0.05) is 19.3 Å². The van der Waals surface area contributed by atoms with Gasteiger partial charge in [-0.15, -0.1) is 0 Å². The monoisotopic (exact) mass is 201 g/mol. The molecule has 0 aromatic heterocycles. The summed E-state index contributed by atoms with van der Waals surface area (Å²) in [6.07, 6.45) is 9.49. The second-order valence-corrected chi connectivity index (χ2v) is 5.18. The minimum absolute atomic E-state index is 0.692. The van der Waals surface area contributed by atoms with Crippen molar-refractivity contribution in [1.29, 1.82) is 0 Å². The zero-order valence-electron chi connectivity index (χ0n) is 9.01. The van der Waals surface area contributed by atoms with Crippen LogP contribution in [0.2, 0.25) is 0 Å². The van der Waals surface area contributed by atoms with Crippen LogP contribution in [0.4, 0.5) is 0 Å². The molecule has 1 saturated carbocycles. The molecular weight excluding hydrogens is 178 g/mol. The molecule has 1 rings (SSSR count). The van der Waals surface area contributed by atoms with Crippen LogP contribution in [0, 0.1) is 5.92 Å². The van der Waals surface area contributed by atoms with Gasteiger partial charge in [0.15, 0.2) is 0 Å². The summed E-state index contributed by atoms with van der Waals surface area (Å²) in [6.45, 7) is 3.54. The fourth-order valence-corrected chi connectivity index (χ4v) is 2.69. The molecule has 2 heteroatoms. The lowest BCUT2D eigenvalue weighted by molar-refractivity contribution is 0.334. The predicted octanol–water partition coefficient (Wildman–Crippen LogP) is 2.91. The second-order valence-electron chi connectivity index (χ2n) is 4.27. The molecule has 13 heavy (non-hydrogen) atoms. The molecule has 0 aromatic rings. The quantitative estimate of drug-likeness (QED) is 0.734. The van der Waals surface area contributed by atoms with Gasteiger partial charge in [0.1, 0.15) is 0 Å². The maximum absolute atomic E-state index is 3.63. The van der Waals surface area contributed by atoms with Gasteiger partial charge in [-0.3, -0.25) is 0 Å². The highest BCUT2D eigenvalue weighted by atomic mass is 32.2. The lowest BCUT2D eigenvalue weighted by Crippen LogP contribution is -2.33. The Hall–Kier alpha value is 0.310. The van der Waals surface area contributed by atoms with Crippen LogP contribution >= 0.6 is 11.8 Å². The Morgan fingerprint density at radius 2 is 2.00 bits per heavy atom. The molecule has 0 aromatic carbocycles. The lowest BCUT2D eigenvalue weighted by atomic mass is 9.89. The molecule has 1 N–H and O–H groups in total. The van der Waals surface area contributed by atoms with E-state index < -0.39 is 0 Å². The molecule has 0 heterocycles. The molecule has 0 aliphatic heterocycles. The van der Waals surface area contributed by atoms with Crippen LogP contribution in [-0.2, 0) is 0 Å². The van der Waals surface area contributed by atoms with Crippen LogP contribution in [0.15, 0.2) is 0 Å². The van der Waals surface area contributed by atoms with Gasteiger partial charge in [-0.25, -0.2) is 0 Å². The van der Waals surface area contributed by atoms with E-state index in [9.17, 15) is 0 Å². The zero-order valence-corrected chi connectivity index (χ0v) is 9.83. The van der Waals surface area contributed by atoms with Gasteiger partial charge in [-0.2, -0.15) is 11.8 Å². The van der Waals surface area contributed by atoms with E-state index in [1.807, 2.05) is 11.8 Å². The van der Waals surface area contributed by atoms with Crippen molar-refractivity contribution in [2.24, 2.45) is 5.92 Å². The highest BCUT2D eigenvalue weighted by Crippen LogP contribution is 2.22. The maximum atomic E-state index is 3.63. The molecule has 0 bridgehead atoms. The normalized spacial score (nSPS) is 21.7. The first-order valence-corrected chi connectivity index (χ1v) is 6.94. The minimum atomic E-state index is 0.692. The highest BCUT2D eigenvalue weighted by Gasteiger charge is 2.13. The van der Waals surface area contributed by atoms with Crippen LogP contribution in [0.3, 0.4) is 0 Å². The predicted molar refractivity (Wildman–Crippen MR) is 62.4 cm³/mol. The van der Waals surface area contributed by atoms with Crippen LogP contribution < -0.4 is 5.32 Å². The first kappa shape index (κ1) is 11.4. The molecular formula is C11H23NS. The Morgan fingerprint density at radius 3 is 2.62 bits per heavy atom. The summed E-state index contributed by atoms with van der Waals surface area (Å²) < 4.78 is 0. The number of thioether (sulfide) groups is 1. The third-order valence-corrected chi connectivity index (χ3v) is 3.73. The number of rotatable bonds is 5. The van der Waals surface area contributed by atoms with Crippen molar-refractivity contribution < 1.29 is 0 Å². The van der Waals surface area contributed by atoms with Gasteiger partial charge < -0.3 is 5.32 Å². The molecule has 1 aliphatic rings. The Bertz CT molecular complexity index is 121. The van der Waals surface area contributed by atoms with Crippen molar-refractivity contribution in [2.75, 3.05) is 18.6 Å². The van der Waals surface area contributed by atoms with Gasteiger partial charge in [0, 0.05) is 11.8 Å². The number of hydrogen-bond acceptors (Lipinski definition) is 2. The van der Waals surface area contributed by atoms with E-state index in [4.69, 9.17) is 0 Å². The van der Waals surface area contributed by atoms with Gasteiger partial charge in [0.05, 0.1) is 0 Å². The van der Waals surface area contributed by atoms with E-state index in [-0.39, 0.29) is 0 Å². The Kier molecular flexibility index (Phi) is 5.88. The molecule has 0 amide bonds. The molecule has 78 valence electrons. The lowest BCUT2D eigenvalue weighted by Gasteiger charge is -2.23. The maximum Gasteiger partial charge on any atom is 0.0129 e. The number of hydrogen-bond donors (Lipinski definition) is 1. The summed E-state index contributed by atoms with van der Waals surface area (Å²) in [5, 5.41) is 3.63. The summed E-state index contributed by atoms with van der Waals surface area (Å²) in [5.41, 5.74) is 0. The smallest absolute Gasteiger partial charge is 0.0129 e. The molecule has 0 saturated heterocycles. The molecule has 1 aliphatic carbocycles. The SMILES string of the molecule is CSCC(C)NCC1CCCCC1. The average molecular weight is 201 g/mol. The first-order chi connectivity index (χ1) is 6.33.